The Kier molecular flexibility index (Phi) is 9.42. The van der Waals surface area contributed by atoms with Crippen LogP contribution in [0.25, 0.3) is 16.7 Å². The Morgan fingerprint density at radius 1 is 0.707 bits per heavy atom. The van der Waals surface area contributed by atoms with Crippen LogP contribution in [0.4, 0.5) is 0 Å². The molecule has 0 fully saturated rings. The van der Waals surface area contributed by atoms with Crippen LogP contribution < -0.4 is 0 Å². The molecule has 1 aromatic heterocycles. The van der Waals surface area contributed by atoms with Gasteiger partial charge in [0.15, 0.2) is 0 Å². The topological polar surface area (TPSA) is 146 Å². The third-order valence-corrected chi connectivity index (χ3v) is 6.62. The minimum Gasteiger partial charge on any atom is -0.507 e. The van der Waals surface area contributed by atoms with Gasteiger partial charge in [0.1, 0.15) is 28.2 Å². The highest BCUT2D eigenvalue weighted by Crippen LogP contribution is 2.37. The molecule has 0 aliphatic heterocycles. The molecule has 0 aliphatic rings. The molecule has 9 heteroatoms. The molecule has 0 saturated carbocycles. The summed E-state index contributed by atoms with van der Waals surface area (Å²) in [5.41, 5.74) is 4.63. The maximum Gasteiger partial charge on any atom is 0.303 e. The Bertz CT molecular complexity index is 1510. The monoisotopic (exact) mass is 561 g/mol. The summed E-state index contributed by atoms with van der Waals surface area (Å²) >= 11 is 0. The van der Waals surface area contributed by atoms with E-state index >= 15 is 0 Å². The maximum absolute atomic E-state index is 10.9. The molecule has 0 radical (unpaired) electrons. The lowest BCUT2D eigenvalue weighted by Gasteiger charge is -2.23. The van der Waals surface area contributed by atoms with E-state index in [9.17, 15) is 19.8 Å². The van der Waals surface area contributed by atoms with Gasteiger partial charge >= 0.3 is 11.9 Å². The van der Waals surface area contributed by atoms with Gasteiger partial charge in [0.05, 0.1) is 0 Å². The number of hydrogen-bond donors (Lipinski definition) is 4. The highest BCUT2D eigenvalue weighted by molar-refractivity contribution is 5.74. The van der Waals surface area contributed by atoms with Gasteiger partial charge in [-0.25, -0.2) is 0 Å². The molecule has 41 heavy (non-hydrogen) atoms. The normalized spacial score (nSPS) is 11.7. The SMILES string of the molecule is CC(C)(C)c1cc(CCC(=O)O)cc(-n2nc3ccccc3n2)c1O.CC(C)(C)c1cccc(CCC(=O)O)c1O. The fourth-order valence-corrected chi connectivity index (χ4v) is 4.40. The molecule has 0 saturated heterocycles. The molecule has 4 aromatic rings. The number of aryl methyl sites for hydroxylation is 2. The number of nitrogens with zero attached hydrogens (tertiary/aromatic N) is 3. The number of rotatable bonds is 7. The molecule has 0 unspecified atom stereocenters. The number of para-hydroxylation sites is 1. The standard InChI is InChI=1S/C19H21N3O3.C13H18O3/c1-19(2,3)13-10-12(8-9-17(23)24)11-16(18(13)25)22-20-14-6-4-5-7-15(14)21-22;1-13(2,3)10-6-4-5-9(12(10)16)7-8-11(14)15/h4-7,10-11,25H,8-9H2,1-3H3,(H,23,24);4-6,16H,7-8H2,1-3H3,(H,14,15). The van der Waals surface area contributed by atoms with Crippen molar-refractivity contribution in [3.05, 3.63) is 76.9 Å². The molecule has 0 bridgehead atoms. The summed E-state index contributed by atoms with van der Waals surface area (Å²) < 4.78 is 0. The van der Waals surface area contributed by atoms with Crippen LogP contribution in [0.2, 0.25) is 0 Å². The number of phenolic OH excluding ortho intramolecular Hbond substituents is 2. The van der Waals surface area contributed by atoms with Crippen LogP contribution >= 0.6 is 0 Å². The zero-order valence-corrected chi connectivity index (χ0v) is 24.5. The number of fused-ring (bicyclic) bond motifs is 1. The van der Waals surface area contributed by atoms with Crippen LogP contribution in [0.3, 0.4) is 0 Å². The van der Waals surface area contributed by atoms with Crippen molar-refractivity contribution < 1.29 is 30.0 Å². The summed E-state index contributed by atoms with van der Waals surface area (Å²) in [6.45, 7) is 12.1. The Balaban J connectivity index is 0.000000250. The van der Waals surface area contributed by atoms with Crippen molar-refractivity contribution in [3.63, 3.8) is 0 Å². The van der Waals surface area contributed by atoms with E-state index in [0.29, 0.717) is 24.1 Å². The second-order valence-electron chi connectivity index (χ2n) is 12.1. The highest BCUT2D eigenvalue weighted by atomic mass is 16.4. The Morgan fingerprint density at radius 3 is 1.76 bits per heavy atom. The Labute approximate surface area is 240 Å². The number of benzene rings is 3. The zero-order chi connectivity index (χ0) is 30.5. The van der Waals surface area contributed by atoms with Crippen molar-refractivity contribution in [1.82, 2.24) is 15.0 Å². The highest BCUT2D eigenvalue weighted by Gasteiger charge is 2.23. The van der Waals surface area contributed by atoms with Crippen LogP contribution in [-0.4, -0.2) is 47.4 Å². The van der Waals surface area contributed by atoms with E-state index < -0.39 is 11.9 Å². The third kappa shape index (κ3) is 8.06. The van der Waals surface area contributed by atoms with Crippen LogP contribution in [0.15, 0.2) is 54.6 Å². The van der Waals surface area contributed by atoms with Crippen molar-refractivity contribution in [2.75, 3.05) is 0 Å². The van der Waals surface area contributed by atoms with Crippen LogP contribution in [0.1, 0.15) is 76.6 Å². The first kappa shape index (κ1) is 31.1. The summed E-state index contributed by atoms with van der Waals surface area (Å²) in [5, 5.41) is 47.3. The number of carbonyl (C=O) groups is 2. The first-order chi connectivity index (χ1) is 19.1. The first-order valence-electron chi connectivity index (χ1n) is 13.5. The molecule has 9 nitrogen and oxygen atoms in total. The molecule has 4 rings (SSSR count). The summed E-state index contributed by atoms with van der Waals surface area (Å²) in [7, 11) is 0. The van der Waals surface area contributed by atoms with Gasteiger partial charge in [-0.3, -0.25) is 9.59 Å². The molecule has 4 N–H and O–H groups in total. The molecule has 0 amide bonds. The van der Waals surface area contributed by atoms with Gasteiger partial charge < -0.3 is 20.4 Å². The predicted octanol–water partition coefficient (Wildman–Crippen LogP) is 6.15. The van der Waals surface area contributed by atoms with Crippen molar-refractivity contribution in [2.24, 2.45) is 0 Å². The lowest BCUT2D eigenvalue weighted by atomic mass is 9.84. The summed E-state index contributed by atoms with van der Waals surface area (Å²) in [6.07, 6.45) is 0.820. The lowest BCUT2D eigenvalue weighted by Crippen LogP contribution is -2.14. The van der Waals surface area contributed by atoms with E-state index in [0.717, 1.165) is 27.7 Å². The minimum atomic E-state index is -0.852. The first-order valence-corrected chi connectivity index (χ1v) is 13.5. The molecule has 3 aromatic carbocycles. The summed E-state index contributed by atoms with van der Waals surface area (Å²) in [5.74, 6) is -1.35. The number of hydrogen-bond acceptors (Lipinski definition) is 6. The fourth-order valence-electron chi connectivity index (χ4n) is 4.40. The number of carboxylic acid groups (broad SMARTS) is 2. The van der Waals surface area contributed by atoms with Crippen molar-refractivity contribution in [3.8, 4) is 17.2 Å². The predicted molar refractivity (Wildman–Crippen MR) is 158 cm³/mol. The van der Waals surface area contributed by atoms with E-state index in [1.807, 2.05) is 84.0 Å². The van der Waals surface area contributed by atoms with E-state index in [1.54, 1.807) is 12.1 Å². The van der Waals surface area contributed by atoms with Gasteiger partial charge in [-0.05, 0) is 58.6 Å². The molecule has 218 valence electrons. The number of aliphatic carboxylic acids is 2. The molecule has 0 aliphatic carbocycles. The smallest absolute Gasteiger partial charge is 0.303 e. The van der Waals surface area contributed by atoms with Gasteiger partial charge in [0.25, 0.3) is 0 Å². The average Bonchev–Trinajstić information content (AvgIpc) is 3.30. The molecular formula is C32H39N3O6. The molecular weight excluding hydrogens is 522 g/mol. The minimum absolute atomic E-state index is 0.0301. The number of aromatic hydroxyl groups is 2. The van der Waals surface area contributed by atoms with Crippen LogP contribution in [0, 0.1) is 0 Å². The summed E-state index contributed by atoms with van der Waals surface area (Å²) in [4.78, 5) is 22.8. The van der Waals surface area contributed by atoms with Crippen molar-refractivity contribution in [2.45, 2.75) is 78.1 Å². The second-order valence-corrected chi connectivity index (χ2v) is 12.1. The number of phenols is 2. The van der Waals surface area contributed by atoms with E-state index in [1.165, 1.54) is 4.80 Å². The Morgan fingerprint density at radius 2 is 1.24 bits per heavy atom. The van der Waals surface area contributed by atoms with Crippen LogP contribution in [0.5, 0.6) is 11.5 Å². The second kappa shape index (κ2) is 12.4. The van der Waals surface area contributed by atoms with Gasteiger partial charge in [-0.15, -0.1) is 15.0 Å². The number of carboxylic acids is 2. The molecule has 0 atom stereocenters. The number of aromatic nitrogens is 3. The Hall–Kier alpha value is -4.40. The van der Waals surface area contributed by atoms with Crippen LogP contribution in [-0.2, 0) is 33.3 Å². The largest absolute Gasteiger partial charge is 0.507 e. The lowest BCUT2D eigenvalue weighted by molar-refractivity contribution is -0.138. The molecule has 0 spiro atoms. The fraction of sp³-hybridized carbons (Fsp3) is 0.375. The van der Waals surface area contributed by atoms with E-state index in [4.69, 9.17) is 10.2 Å². The van der Waals surface area contributed by atoms with E-state index in [2.05, 4.69) is 10.2 Å². The summed E-state index contributed by atoms with van der Waals surface area (Å²) in [6, 6.07) is 16.6. The maximum atomic E-state index is 10.9. The third-order valence-electron chi connectivity index (χ3n) is 6.62. The molecule has 1 heterocycles. The quantitative estimate of drug-likeness (QED) is 0.210. The van der Waals surface area contributed by atoms with E-state index in [-0.39, 0.29) is 35.2 Å². The van der Waals surface area contributed by atoms with Gasteiger partial charge in [0, 0.05) is 18.4 Å². The van der Waals surface area contributed by atoms with Gasteiger partial charge in [0.2, 0.25) is 0 Å². The van der Waals surface area contributed by atoms with Gasteiger partial charge in [-0.2, -0.15) is 0 Å². The average molecular weight is 562 g/mol. The zero-order valence-electron chi connectivity index (χ0n) is 24.5. The van der Waals surface area contributed by atoms with Gasteiger partial charge in [-0.1, -0.05) is 77.9 Å². The van der Waals surface area contributed by atoms with Crippen molar-refractivity contribution >= 4 is 23.0 Å². The van der Waals surface area contributed by atoms with Crippen molar-refractivity contribution in [1.29, 1.82) is 0 Å².